The second-order valence-electron chi connectivity index (χ2n) is 3.47. The molecule has 0 aromatic carbocycles. The molecule has 1 aliphatic heterocycles. The summed E-state index contributed by atoms with van der Waals surface area (Å²) in [6.07, 6.45) is -4.10. The van der Waals surface area contributed by atoms with Gasteiger partial charge in [-0.25, -0.2) is 0 Å². The molecule has 0 bridgehead atoms. The zero-order chi connectivity index (χ0) is 11.6. The maximum Gasteiger partial charge on any atom is 0.219 e. The van der Waals surface area contributed by atoms with Crippen LogP contribution in [0.15, 0.2) is 5.11 Å². The summed E-state index contributed by atoms with van der Waals surface area (Å²) in [4.78, 5) is 2.52. The Kier molecular flexibility index (Phi) is 3.50. The molecule has 1 saturated heterocycles. The van der Waals surface area contributed by atoms with Gasteiger partial charge in [-0.1, -0.05) is 12.0 Å². The van der Waals surface area contributed by atoms with Crippen molar-refractivity contribution in [2.45, 2.75) is 37.1 Å². The van der Waals surface area contributed by atoms with E-state index in [1.807, 2.05) is 0 Å². The van der Waals surface area contributed by atoms with Crippen LogP contribution in [-0.2, 0) is 4.74 Å². The van der Waals surface area contributed by atoms with E-state index in [0.717, 1.165) is 0 Å². The van der Waals surface area contributed by atoms with Crippen molar-refractivity contribution in [1.29, 1.82) is 0 Å². The largest absolute Gasteiger partial charge is 0.391 e. The van der Waals surface area contributed by atoms with Gasteiger partial charge in [0.05, 0.1) is 18.8 Å². The molecular formula is C7H13N3O5. The Morgan fingerprint density at radius 1 is 1.60 bits per heavy atom. The Labute approximate surface area is 85.3 Å². The number of hydrogen-bond acceptors (Lipinski definition) is 6. The molecule has 1 rings (SSSR count). The van der Waals surface area contributed by atoms with Crippen LogP contribution in [0.4, 0.5) is 0 Å². The van der Waals surface area contributed by atoms with Crippen LogP contribution >= 0.6 is 0 Å². The Bertz CT molecular complexity index is 282. The fourth-order valence-corrected chi connectivity index (χ4v) is 1.48. The van der Waals surface area contributed by atoms with E-state index >= 15 is 0 Å². The Balaban J connectivity index is 2.83. The SMILES string of the molecule is C[C@H](N=[N+]=[N-])[C@H]1O[C@](O)(CO)[C@@H](O)[C@@H]1O. The van der Waals surface area contributed by atoms with E-state index in [1.54, 1.807) is 0 Å². The van der Waals surface area contributed by atoms with Gasteiger partial charge in [-0.05, 0) is 5.53 Å². The van der Waals surface area contributed by atoms with Gasteiger partial charge >= 0.3 is 0 Å². The van der Waals surface area contributed by atoms with E-state index in [9.17, 15) is 15.3 Å². The summed E-state index contributed by atoms with van der Waals surface area (Å²) in [5.74, 6) is -2.21. The highest BCUT2D eigenvalue weighted by atomic mass is 16.7. The van der Waals surface area contributed by atoms with Gasteiger partial charge in [0.15, 0.2) is 0 Å². The third-order valence-electron chi connectivity index (χ3n) is 2.40. The van der Waals surface area contributed by atoms with Gasteiger partial charge in [0.25, 0.3) is 0 Å². The summed E-state index contributed by atoms with van der Waals surface area (Å²) in [6, 6.07) is -0.764. The first-order valence-electron chi connectivity index (χ1n) is 4.37. The molecule has 8 nitrogen and oxygen atoms in total. The molecule has 0 aromatic rings. The molecule has 1 heterocycles. The summed E-state index contributed by atoms with van der Waals surface area (Å²) in [7, 11) is 0. The Morgan fingerprint density at radius 2 is 2.20 bits per heavy atom. The molecule has 1 fully saturated rings. The van der Waals surface area contributed by atoms with Crippen molar-refractivity contribution in [1.82, 2.24) is 0 Å². The fourth-order valence-electron chi connectivity index (χ4n) is 1.48. The number of nitrogens with zero attached hydrogens (tertiary/aromatic N) is 3. The predicted molar refractivity (Wildman–Crippen MR) is 47.5 cm³/mol. The molecule has 0 aliphatic carbocycles. The number of aliphatic hydroxyl groups is 4. The average molecular weight is 219 g/mol. The van der Waals surface area contributed by atoms with Crippen LogP contribution < -0.4 is 0 Å². The maximum atomic E-state index is 9.51. The molecule has 5 atom stereocenters. The lowest BCUT2D eigenvalue weighted by atomic mass is 10.0. The highest BCUT2D eigenvalue weighted by Crippen LogP contribution is 2.31. The van der Waals surface area contributed by atoms with Crippen LogP contribution in [0, 0.1) is 0 Å². The number of azide groups is 1. The van der Waals surface area contributed by atoms with Crippen molar-refractivity contribution >= 4 is 0 Å². The predicted octanol–water partition coefficient (Wildman–Crippen LogP) is -1.51. The fraction of sp³-hybridized carbons (Fsp3) is 1.00. The highest BCUT2D eigenvalue weighted by Gasteiger charge is 2.54. The third-order valence-corrected chi connectivity index (χ3v) is 2.40. The van der Waals surface area contributed by atoms with Crippen LogP contribution in [0.25, 0.3) is 10.4 Å². The summed E-state index contributed by atoms with van der Waals surface area (Å²) in [6.45, 7) is 0.605. The number of hydrogen-bond donors (Lipinski definition) is 4. The van der Waals surface area contributed by atoms with E-state index in [1.165, 1.54) is 6.92 Å². The van der Waals surface area contributed by atoms with Crippen LogP contribution in [0.1, 0.15) is 6.92 Å². The van der Waals surface area contributed by atoms with Crippen molar-refractivity contribution in [3.05, 3.63) is 10.4 Å². The monoisotopic (exact) mass is 219 g/mol. The van der Waals surface area contributed by atoms with E-state index in [0.29, 0.717) is 0 Å². The molecule has 0 radical (unpaired) electrons. The summed E-state index contributed by atoms with van der Waals surface area (Å²) < 4.78 is 4.88. The molecule has 86 valence electrons. The van der Waals surface area contributed by atoms with Crippen molar-refractivity contribution < 1.29 is 25.2 Å². The van der Waals surface area contributed by atoms with Crippen LogP contribution in [-0.4, -0.2) is 57.2 Å². The van der Waals surface area contributed by atoms with Crippen LogP contribution in [0.2, 0.25) is 0 Å². The summed E-state index contributed by atoms with van der Waals surface area (Å²) >= 11 is 0. The van der Waals surface area contributed by atoms with E-state index in [2.05, 4.69) is 10.0 Å². The molecule has 1 aliphatic rings. The lowest BCUT2D eigenvalue weighted by Crippen LogP contribution is -2.46. The van der Waals surface area contributed by atoms with E-state index in [-0.39, 0.29) is 0 Å². The third kappa shape index (κ3) is 2.05. The topological polar surface area (TPSA) is 139 Å². The first-order valence-corrected chi connectivity index (χ1v) is 4.37. The minimum Gasteiger partial charge on any atom is -0.391 e. The van der Waals surface area contributed by atoms with Crippen molar-refractivity contribution in [3.63, 3.8) is 0 Å². The minimum atomic E-state index is -2.21. The first kappa shape index (κ1) is 12.2. The van der Waals surface area contributed by atoms with E-state index < -0.39 is 36.7 Å². The van der Waals surface area contributed by atoms with Gasteiger partial charge in [0.1, 0.15) is 12.2 Å². The second-order valence-corrected chi connectivity index (χ2v) is 3.47. The standard InChI is InChI=1S/C7H13N3O5/c1-3(9-10-8)5-4(12)6(13)7(14,2-11)15-5/h3-6,11-14H,2H2,1H3/t3-,4+,5+,6-,7+/m0/s1. The molecule has 0 amide bonds. The van der Waals surface area contributed by atoms with Gasteiger partial charge < -0.3 is 25.2 Å². The zero-order valence-corrected chi connectivity index (χ0v) is 8.06. The highest BCUT2D eigenvalue weighted by molar-refractivity contribution is 4.98. The summed E-state index contributed by atoms with van der Waals surface area (Å²) in [5.41, 5.74) is 8.18. The van der Waals surface area contributed by atoms with Crippen molar-refractivity contribution in [2.24, 2.45) is 5.11 Å². The quantitative estimate of drug-likeness (QED) is 0.259. The number of rotatable bonds is 3. The van der Waals surface area contributed by atoms with Gasteiger partial charge in [0, 0.05) is 4.91 Å². The average Bonchev–Trinajstić information content (AvgIpc) is 2.44. The zero-order valence-electron chi connectivity index (χ0n) is 8.06. The van der Waals surface area contributed by atoms with Crippen LogP contribution in [0.5, 0.6) is 0 Å². The molecule has 0 aromatic heterocycles. The Hall–Kier alpha value is -0.890. The lowest BCUT2D eigenvalue weighted by Gasteiger charge is -2.23. The van der Waals surface area contributed by atoms with Gasteiger partial charge in [-0.3, -0.25) is 0 Å². The summed E-state index contributed by atoms with van der Waals surface area (Å²) in [5, 5.41) is 40.5. The normalized spacial score (nSPS) is 42.3. The van der Waals surface area contributed by atoms with Crippen molar-refractivity contribution in [3.8, 4) is 0 Å². The van der Waals surface area contributed by atoms with Crippen molar-refractivity contribution in [2.75, 3.05) is 6.61 Å². The molecule has 0 spiro atoms. The molecule has 0 unspecified atom stereocenters. The number of aliphatic hydroxyl groups excluding tert-OH is 3. The maximum absolute atomic E-state index is 9.51. The number of ether oxygens (including phenoxy) is 1. The van der Waals surface area contributed by atoms with E-state index in [4.69, 9.17) is 15.4 Å². The minimum absolute atomic E-state index is 0.764. The molecular weight excluding hydrogens is 206 g/mol. The smallest absolute Gasteiger partial charge is 0.219 e. The lowest BCUT2D eigenvalue weighted by molar-refractivity contribution is -0.246. The second kappa shape index (κ2) is 4.31. The van der Waals surface area contributed by atoms with Gasteiger partial charge in [-0.2, -0.15) is 0 Å². The molecule has 0 saturated carbocycles. The Morgan fingerprint density at radius 3 is 2.60 bits per heavy atom. The molecule has 8 heteroatoms. The first-order chi connectivity index (χ1) is 6.96. The van der Waals surface area contributed by atoms with Gasteiger partial charge in [-0.15, -0.1) is 0 Å². The molecule has 4 N–H and O–H groups in total. The van der Waals surface area contributed by atoms with Gasteiger partial charge in [0.2, 0.25) is 5.79 Å². The van der Waals surface area contributed by atoms with Crippen LogP contribution in [0.3, 0.4) is 0 Å². The molecule has 15 heavy (non-hydrogen) atoms.